The number of aliphatic hydroxyl groups is 8. The zero-order chi connectivity index (χ0) is 77.2. The van der Waals surface area contributed by atoms with Crippen molar-refractivity contribution < 1.29 is 64.6 Å². The highest BCUT2D eigenvalue weighted by Crippen LogP contribution is 2.30. The first-order valence-corrected chi connectivity index (χ1v) is 42.9. The molecule has 2 saturated heterocycles. The molecule has 0 saturated carbocycles. The Morgan fingerprint density at radius 1 is 0.346 bits per heavy atom. The van der Waals surface area contributed by atoms with E-state index in [1.165, 1.54) is 167 Å². The van der Waals surface area contributed by atoms with E-state index in [0.29, 0.717) is 12.8 Å². The third-order valence-electron chi connectivity index (χ3n) is 19.6. The number of rotatable bonds is 70. The summed E-state index contributed by atoms with van der Waals surface area (Å²) in [7, 11) is 0. The third kappa shape index (κ3) is 56.3. The number of allylic oxidation sites excluding steroid dienone is 27. The van der Waals surface area contributed by atoms with Crippen LogP contribution in [0.5, 0.6) is 0 Å². The number of hydrogen-bond donors (Lipinski definition) is 9. The van der Waals surface area contributed by atoms with Crippen molar-refractivity contribution in [3.05, 3.63) is 170 Å². The number of hydrogen-bond acceptors (Lipinski definition) is 13. The molecule has 0 aliphatic carbocycles. The molecule has 12 unspecified atom stereocenters. The zero-order valence-electron chi connectivity index (χ0n) is 67.1. The SMILES string of the molecule is CC/C=C\C/C=C\C/C=C\C/C=C\C/C=C\C/C=C\C/C=C\C/C=C\C/C=C\C/C=C\C/C=C\C/C=C\CCCCCCC(=O)NC(COC1OC(CO)C(OC2OC(CO)C(O)C(O)C2O)C(O)C1O)C(O)/C=C/CC/C=C/CCCCCCCCCCCCCCCCCCCCCCCCCCCC. The molecular formula is C93H155NO13. The second-order valence-corrected chi connectivity index (χ2v) is 29.2. The van der Waals surface area contributed by atoms with Gasteiger partial charge in [0.15, 0.2) is 12.6 Å². The summed E-state index contributed by atoms with van der Waals surface area (Å²) in [5, 5.41) is 87.7. The Morgan fingerprint density at radius 3 is 1.03 bits per heavy atom. The van der Waals surface area contributed by atoms with Crippen LogP contribution in [0, 0.1) is 0 Å². The van der Waals surface area contributed by atoms with E-state index in [0.717, 1.165) is 116 Å². The van der Waals surface area contributed by atoms with Crippen LogP contribution in [0.2, 0.25) is 0 Å². The lowest BCUT2D eigenvalue weighted by molar-refractivity contribution is -0.359. The second kappa shape index (κ2) is 74.1. The summed E-state index contributed by atoms with van der Waals surface area (Å²) >= 11 is 0. The minimum Gasteiger partial charge on any atom is -0.394 e. The van der Waals surface area contributed by atoms with Crippen LogP contribution in [0.1, 0.15) is 316 Å². The van der Waals surface area contributed by atoms with Crippen LogP contribution in [-0.2, 0) is 23.7 Å². The van der Waals surface area contributed by atoms with Crippen molar-refractivity contribution >= 4 is 5.91 Å². The smallest absolute Gasteiger partial charge is 0.220 e. The van der Waals surface area contributed by atoms with Crippen LogP contribution >= 0.6 is 0 Å². The molecule has 2 aliphatic heterocycles. The van der Waals surface area contributed by atoms with Crippen LogP contribution < -0.4 is 5.32 Å². The van der Waals surface area contributed by atoms with Crippen LogP contribution in [0.4, 0.5) is 0 Å². The van der Waals surface area contributed by atoms with Crippen LogP contribution in [0.3, 0.4) is 0 Å². The second-order valence-electron chi connectivity index (χ2n) is 29.2. The molecule has 107 heavy (non-hydrogen) atoms. The van der Waals surface area contributed by atoms with E-state index >= 15 is 0 Å². The number of amides is 1. The molecule has 0 aromatic heterocycles. The van der Waals surface area contributed by atoms with E-state index in [4.69, 9.17) is 18.9 Å². The minimum atomic E-state index is -1.80. The maximum Gasteiger partial charge on any atom is 0.220 e. The number of unbranched alkanes of at least 4 members (excludes halogenated alkanes) is 31. The maximum absolute atomic E-state index is 13.4. The lowest BCUT2D eigenvalue weighted by Gasteiger charge is -2.46. The Labute approximate surface area is 651 Å². The molecule has 0 aromatic rings. The van der Waals surface area contributed by atoms with Gasteiger partial charge in [-0.15, -0.1) is 0 Å². The van der Waals surface area contributed by atoms with Crippen molar-refractivity contribution in [3.8, 4) is 0 Å². The summed E-state index contributed by atoms with van der Waals surface area (Å²) in [6, 6.07) is -0.961. The van der Waals surface area contributed by atoms with Gasteiger partial charge in [0.05, 0.1) is 32.0 Å². The molecule has 0 aromatic carbocycles. The Kier molecular flexibility index (Phi) is 68.2. The van der Waals surface area contributed by atoms with Gasteiger partial charge in [0, 0.05) is 6.42 Å². The molecule has 2 rings (SSSR count). The van der Waals surface area contributed by atoms with Crippen LogP contribution in [-0.4, -0.2) is 140 Å². The van der Waals surface area contributed by atoms with E-state index in [9.17, 15) is 45.6 Å². The van der Waals surface area contributed by atoms with Gasteiger partial charge in [-0.3, -0.25) is 4.79 Å². The Balaban J connectivity index is 1.65. The van der Waals surface area contributed by atoms with Gasteiger partial charge < -0.3 is 65.1 Å². The Bertz CT molecular complexity index is 2470. The van der Waals surface area contributed by atoms with E-state index in [1.807, 2.05) is 6.08 Å². The highest BCUT2D eigenvalue weighted by molar-refractivity contribution is 5.76. The van der Waals surface area contributed by atoms with E-state index < -0.39 is 86.8 Å². The van der Waals surface area contributed by atoms with Gasteiger partial charge in [0.1, 0.15) is 48.8 Å². The predicted octanol–water partition coefficient (Wildman–Crippen LogP) is 20.6. The molecule has 0 bridgehead atoms. The molecule has 12 atom stereocenters. The van der Waals surface area contributed by atoms with Crippen LogP contribution in [0.15, 0.2) is 170 Å². The molecule has 2 fully saturated rings. The molecule has 0 radical (unpaired) electrons. The first kappa shape index (κ1) is 98.4. The fraction of sp³-hybridized carbons (Fsp3) is 0.688. The van der Waals surface area contributed by atoms with Gasteiger partial charge >= 0.3 is 0 Å². The number of nitrogens with one attached hydrogen (secondary N) is 1. The third-order valence-corrected chi connectivity index (χ3v) is 19.6. The number of carbonyl (C=O) groups excluding carboxylic acids is 1. The fourth-order valence-corrected chi connectivity index (χ4v) is 12.9. The van der Waals surface area contributed by atoms with E-state index in [-0.39, 0.29) is 18.9 Å². The van der Waals surface area contributed by atoms with Gasteiger partial charge in [0.25, 0.3) is 0 Å². The van der Waals surface area contributed by atoms with Crippen molar-refractivity contribution in [1.82, 2.24) is 5.32 Å². The van der Waals surface area contributed by atoms with E-state index in [1.54, 1.807) is 6.08 Å². The Hall–Kier alpha value is -4.65. The van der Waals surface area contributed by atoms with Gasteiger partial charge in [-0.2, -0.15) is 0 Å². The molecule has 1 amide bonds. The first-order chi connectivity index (χ1) is 52.6. The molecule has 14 nitrogen and oxygen atoms in total. The number of aliphatic hydroxyl groups excluding tert-OH is 8. The molecule has 2 heterocycles. The molecule has 14 heteroatoms. The quantitative estimate of drug-likeness (QED) is 0.0204. The summed E-state index contributed by atoms with van der Waals surface area (Å²) in [5.74, 6) is -0.277. The monoisotopic (exact) mass is 1490 g/mol. The minimum absolute atomic E-state index is 0.233. The molecule has 2 aliphatic rings. The van der Waals surface area contributed by atoms with Gasteiger partial charge in [-0.05, 0) is 122 Å². The van der Waals surface area contributed by atoms with Gasteiger partial charge in [-0.1, -0.05) is 357 Å². The first-order valence-electron chi connectivity index (χ1n) is 42.9. The molecule has 9 N–H and O–H groups in total. The summed E-state index contributed by atoms with van der Waals surface area (Å²) in [6.07, 6.45) is 98.7. The number of carbonyl (C=O) groups is 1. The van der Waals surface area contributed by atoms with Crippen molar-refractivity contribution in [2.75, 3.05) is 19.8 Å². The lowest BCUT2D eigenvalue weighted by Crippen LogP contribution is -2.65. The van der Waals surface area contributed by atoms with Gasteiger partial charge in [0.2, 0.25) is 5.91 Å². The maximum atomic E-state index is 13.4. The highest BCUT2D eigenvalue weighted by atomic mass is 16.7. The summed E-state index contributed by atoms with van der Waals surface area (Å²) in [6.45, 7) is 2.67. The molecule has 610 valence electrons. The average molecular weight is 1500 g/mol. The highest BCUT2D eigenvalue weighted by Gasteiger charge is 2.51. The number of ether oxygens (including phenoxy) is 4. The molecule has 0 spiro atoms. The molecular weight excluding hydrogens is 1340 g/mol. The average Bonchev–Trinajstić information content (AvgIpc) is 0.789. The summed E-state index contributed by atoms with van der Waals surface area (Å²) in [5.41, 5.74) is 0. The summed E-state index contributed by atoms with van der Waals surface area (Å²) in [4.78, 5) is 13.4. The fourth-order valence-electron chi connectivity index (χ4n) is 12.9. The lowest BCUT2D eigenvalue weighted by atomic mass is 9.97. The predicted molar refractivity (Wildman–Crippen MR) is 447 cm³/mol. The summed E-state index contributed by atoms with van der Waals surface area (Å²) < 4.78 is 22.9. The standard InChI is InChI=1S/C93H155NO13/c1-3-5-7-9-11-13-15-17-19-21-23-25-27-29-31-33-35-37-38-39-40-41-42-43-44-45-47-49-51-53-55-57-59-61-63-65-67-69-71-73-75-77-85(98)94-81(80-104-92-90(103)88(101)91(84(79-96)106-92)107-93-89(102)87(100)86(99)83(78-95)105-93)82(97)76-74-72-70-68-66-64-62-60-58-56-54-52-50-48-46-36-34-32-30-28-26-24-22-20-18-16-14-12-10-8-6-4-2/h5,7,11,13,17,19,23,25,29,31,35,37,39-40,42-43,45,47,51,53,57,59,63,65-66,68,74,76,81-84,86-93,95-97,99-103H,3-4,6,8-10,12,14-16,18,20-22,24,26-28,30,32-34,36,38,41,44,46,48-50,52,54-56,58,60-62,64,67,69-73,75,77-80H2,1-2H3,(H,94,98)/b7-5-,13-11-,19-17-,25-23-,31-29-,37-35-,40-39-,43-42-,47-45-,53-51-,59-57-,65-63-,68-66+,76-74+. The van der Waals surface area contributed by atoms with Gasteiger partial charge in [-0.25, -0.2) is 0 Å². The topological polar surface area (TPSA) is 228 Å². The van der Waals surface area contributed by atoms with Crippen molar-refractivity contribution in [1.29, 1.82) is 0 Å². The van der Waals surface area contributed by atoms with Crippen molar-refractivity contribution in [2.24, 2.45) is 0 Å². The zero-order valence-corrected chi connectivity index (χ0v) is 67.1. The largest absolute Gasteiger partial charge is 0.394 e. The van der Waals surface area contributed by atoms with E-state index in [2.05, 4.69) is 177 Å². The van der Waals surface area contributed by atoms with Crippen LogP contribution in [0.25, 0.3) is 0 Å². The normalized spacial score (nSPS) is 22.1. The van der Waals surface area contributed by atoms with Crippen molar-refractivity contribution in [3.63, 3.8) is 0 Å². The van der Waals surface area contributed by atoms with Crippen molar-refractivity contribution in [2.45, 2.75) is 389 Å². The Morgan fingerprint density at radius 2 is 0.654 bits per heavy atom.